The minimum atomic E-state index is -5.07. The molecular formula is C15H12F6N2O3. The summed E-state index contributed by atoms with van der Waals surface area (Å²) in [4.78, 5) is 11.5. The quantitative estimate of drug-likeness (QED) is 0.810. The van der Waals surface area contributed by atoms with Crippen LogP contribution in [-0.2, 0) is 15.7 Å². The van der Waals surface area contributed by atoms with Crippen LogP contribution in [0.25, 0.3) is 0 Å². The van der Waals surface area contributed by atoms with Crippen LogP contribution in [0.4, 0.5) is 32.0 Å². The van der Waals surface area contributed by atoms with E-state index in [4.69, 9.17) is 15.1 Å². The molecule has 1 heterocycles. The Morgan fingerprint density at radius 1 is 1.38 bits per heavy atom. The highest BCUT2D eigenvalue weighted by atomic mass is 19.4. The lowest BCUT2D eigenvalue weighted by Crippen LogP contribution is -2.56. The highest BCUT2D eigenvalue weighted by molar-refractivity contribution is 5.75. The molecule has 0 radical (unpaired) electrons. The second-order valence-corrected chi connectivity index (χ2v) is 5.53. The lowest BCUT2D eigenvalue weighted by atomic mass is 10.0. The fourth-order valence-electron chi connectivity index (χ4n) is 2.82. The molecule has 1 fully saturated rings. The van der Waals surface area contributed by atoms with Crippen molar-refractivity contribution in [3.05, 3.63) is 29.3 Å². The minimum absolute atomic E-state index is 0.391. The SMILES string of the molecule is CC[C@]1(C(F)(F)F)O[C@H](C(=O)O)CN1c1ccc(C#N)c(C(F)(F)F)c1. The predicted molar refractivity (Wildman–Crippen MR) is 75.1 cm³/mol. The van der Waals surface area contributed by atoms with Crippen molar-refractivity contribution >= 4 is 11.7 Å². The smallest absolute Gasteiger partial charge is 0.436 e. The van der Waals surface area contributed by atoms with E-state index in [0.29, 0.717) is 11.0 Å². The molecule has 0 aliphatic carbocycles. The highest BCUT2D eigenvalue weighted by Crippen LogP contribution is 2.47. The van der Waals surface area contributed by atoms with E-state index in [1.807, 2.05) is 0 Å². The maximum atomic E-state index is 13.6. The third kappa shape index (κ3) is 3.16. The van der Waals surface area contributed by atoms with Crippen molar-refractivity contribution < 1.29 is 41.0 Å². The van der Waals surface area contributed by atoms with Gasteiger partial charge in [0.25, 0.3) is 0 Å². The summed E-state index contributed by atoms with van der Waals surface area (Å²) in [6.45, 7) is 0.283. The summed E-state index contributed by atoms with van der Waals surface area (Å²) in [5, 5.41) is 17.8. The number of alkyl halides is 6. The zero-order chi connectivity index (χ0) is 19.9. The largest absolute Gasteiger partial charge is 0.479 e. The van der Waals surface area contributed by atoms with Gasteiger partial charge in [0.2, 0.25) is 5.72 Å². The molecule has 1 N–H and O–H groups in total. The first-order valence-electron chi connectivity index (χ1n) is 7.23. The molecule has 11 heteroatoms. The highest BCUT2D eigenvalue weighted by Gasteiger charge is 2.64. The number of carbonyl (C=O) groups is 1. The third-order valence-corrected chi connectivity index (χ3v) is 4.06. The van der Waals surface area contributed by atoms with Crippen LogP contribution in [0, 0.1) is 11.3 Å². The average Bonchev–Trinajstić information content (AvgIpc) is 2.94. The molecule has 0 aromatic heterocycles. The first-order valence-corrected chi connectivity index (χ1v) is 7.23. The lowest BCUT2D eigenvalue weighted by molar-refractivity contribution is -0.270. The molecule has 1 aromatic rings. The zero-order valence-corrected chi connectivity index (χ0v) is 13.1. The molecule has 1 saturated heterocycles. The van der Waals surface area contributed by atoms with Gasteiger partial charge in [-0.3, -0.25) is 0 Å². The topological polar surface area (TPSA) is 73.6 Å². The second kappa shape index (κ2) is 6.35. The van der Waals surface area contributed by atoms with Crippen molar-refractivity contribution in [3.8, 4) is 6.07 Å². The van der Waals surface area contributed by atoms with Gasteiger partial charge in [0, 0.05) is 12.1 Å². The molecule has 142 valence electrons. The molecule has 2 atom stereocenters. The van der Waals surface area contributed by atoms with Crippen molar-refractivity contribution in [2.45, 2.75) is 37.5 Å². The van der Waals surface area contributed by atoms with E-state index in [9.17, 15) is 31.1 Å². The molecule has 0 unspecified atom stereocenters. The van der Waals surface area contributed by atoms with Crippen LogP contribution in [0.3, 0.4) is 0 Å². The van der Waals surface area contributed by atoms with Gasteiger partial charge in [0.15, 0.2) is 6.10 Å². The summed E-state index contributed by atoms with van der Waals surface area (Å²) < 4.78 is 84.9. The van der Waals surface area contributed by atoms with Gasteiger partial charge in [-0.05, 0) is 18.2 Å². The van der Waals surface area contributed by atoms with Gasteiger partial charge in [0.1, 0.15) is 0 Å². The molecule has 26 heavy (non-hydrogen) atoms. The van der Waals surface area contributed by atoms with Crippen molar-refractivity contribution in [3.63, 3.8) is 0 Å². The fraction of sp³-hybridized carbons (Fsp3) is 0.467. The number of benzene rings is 1. The Labute approximate surface area is 143 Å². The summed E-state index contributed by atoms with van der Waals surface area (Å²) in [7, 11) is 0. The number of aliphatic carboxylic acids is 1. The van der Waals surface area contributed by atoms with E-state index in [0.717, 1.165) is 19.1 Å². The molecule has 1 aliphatic rings. The maximum absolute atomic E-state index is 13.6. The van der Waals surface area contributed by atoms with Crippen LogP contribution in [-0.4, -0.2) is 35.6 Å². The second-order valence-electron chi connectivity index (χ2n) is 5.53. The van der Waals surface area contributed by atoms with Gasteiger partial charge >= 0.3 is 18.3 Å². The monoisotopic (exact) mass is 382 g/mol. The number of ether oxygens (including phenoxy) is 1. The molecular weight excluding hydrogens is 370 g/mol. The standard InChI is InChI=1S/C15H12F6N2O3/c1-2-13(15(19,20)21)23(7-11(26-13)12(24)25)9-4-3-8(6-22)10(5-9)14(16,17)18/h3-5,11H,2,7H2,1H3,(H,24,25)/t11-,13+/m0/s1. The molecule has 0 bridgehead atoms. The van der Waals surface area contributed by atoms with Crippen LogP contribution in [0.5, 0.6) is 0 Å². The predicted octanol–water partition coefficient (Wildman–Crippen LogP) is 3.54. The lowest BCUT2D eigenvalue weighted by Gasteiger charge is -2.39. The van der Waals surface area contributed by atoms with Crippen LogP contribution in [0.1, 0.15) is 24.5 Å². The van der Waals surface area contributed by atoms with Crippen molar-refractivity contribution in [2.24, 2.45) is 0 Å². The number of anilines is 1. The Bertz CT molecular complexity index is 755. The number of carboxylic acids is 1. The number of hydrogen-bond donors (Lipinski definition) is 1. The zero-order valence-electron chi connectivity index (χ0n) is 13.1. The van der Waals surface area contributed by atoms with E-state index in [-0.39, 0.29) is 0 Å². The molecule has 1 aliphatic heterocycles. The number of nitrogens with zero attached hydrogens (tertiary/aromatic N) is 2. The fourth-order valence-corrected chi connectivity index (χ4v) is 2.82. The number of hydrogen-bond acceptors (Lipinski definition) is 4. The number of carboxylic acid groups (broad SMARTS) is 1. The molecule has 0 saturated carbocycles. The van der Waals surface area contributed by atoms with Gasteiger partial charge in [-0.15, -0.1) is 0 Å². The van der Waals surface area contributed by atoms with Gasteiger partial charge in [-0.2, -0.15) is 31.6 Å². The van der Waals surface area contributed by atoms with Crippen molar-refractivity contribution in [1.29, 1.82) is 5.26 Å². The van der Waals surface area contributed by atoms with Crippen LogP contribution in [0.15, 0.2) is 18.2 Å². The van der Waals surface area contributed by atoms with E-state index in [2.05, 4.69) is 0 Å². The Morgan fingerprint density at radius 3 is 2.42 bits per heavy atom. The van der Waals surface area contributed by atoms with E-state index < -0.39 is 59.9 Å². The van der Waals surface area contributed by atoms with Gasteiger partial charge < -0.3 is 14.7 Å². The average molecular weight is 382 g/mol. The van der Waals surface area contributed by atoms with Crippen molar-refractivity contribution in [2.75, 3.05) is 11.4 Å². The Morgan fingerprint density at radius 2 is 2.00 bits per heavy atom. The van der Waals surface area contributed by atoms with Crippen LogP contribution >= 0.6 is 0 Å². The summed E-state index contributed by atoms with van der Waals surface area (Å²) in [6.07, 6.45) is -12.7. The van der Waals surface area contributed by atoms with E-state index in [1.165, 1.54) is 6.07 Å². The number of halogens is 6. The molecule has 5 nitrogen and oxygen atoms in total. The van der Waals surface area contributed by atoms with Crippen LogP contribution in [0.2, 0.25) is 0 Å². The summed E-state index contributed by atoms with van der Waals surface area (Å²) in [6, 6.07) is 3.36. The Hall–Kier alpha value is -2.48. The Kier molecular flexibility index (Phi) is 4.85. The summed E-state index contributed by atoms with van der Waals surface area (Å²) in [5.41, 5.74) is -5.81. The van der Waals surface area contributed by atoms with Crippen molar-refractivity contribution in [1.82, 2.24) is 0 Å². The summed E-state index contributed by atoms with van der Waals surface area (Å²) >= 11 is 0. The minimum Gasteiger partial charge on any atom is -0.479 e. The van der Waals surface area contributed by atoms with Gasteiger partial charge in [0.05, 0.1) is 23.7 Å². The molecule has 0 amide bonds. The Balaban J connectivity index is 2.64. The number of nitriles is 1. The molecule has 2 rings (SSSR count). The van der Waals surface area contributed by atoms with E-state index >= 15 is 0 Å². The maximum Gasteiger partial charge on any atom is 0.436 e. The van der Waals surface area contributed by atoms with Gasteiger partial charge in [-0.1, -0.05) is 6.92 Å². The third-order valence-electron chi connectivity index (χ3n) is 4.06. The van der Waals surface area contributed by atoms with Crippen LogP contribution < -0.4 is 4.90 Å². The normalized spacial score (nSPS) is 23.8. The first-order chi connectivity index (χ1) is 11.9. The molecule has 0 spiro atoms. The van der Waals surface area contributed by atoms with Gasteiger partial charge in [-0.25, -0.2) is 4.79 Å². The first kappa shape index (κ1) is 19.8. The molecule has 1 aromatic carbocycles. The van der Waals surface area contributed by atoms with E-state index in [1.54, 1.807) is 0 Å². The number of rotatable bonds is 3. The summed E-state index contributed by atoms with van der Waals surface area (Å²) in [5.74, 6) is -1.67.